The predicted molar refractivity (Wildman–Crippen MR) is 251 cm³/mol. The minimum atomic E-state index is -2.17. The first-order valence-electron chi connectivity index (χ1n) is 23.5. The second-order valence-corrected chi connectivity index (χ2v) is 26.4. The Morgan fingerprint density at radius 3 is 2.49 bits per heavy atom. The Balaban J connectivity index is 1.23. The van der Waals surface area contributed by atoms with Crippen molar-refractivity contribution in [1.29, 1.82) is 0 Å². The monoisotopic (exact) mass is 910 g/mol. The van der Waals surface area contributed by atoms with Gasteiger partial charge in [0.1, 0.15) is 61.2 Å². The molecule has 0 N–H and O–H groups in total. The number of anilines is 1. The van der Waals surface area contributed by atoms with Crippen LogP contribution in [-0.2, 0) is 9.47 Å². The van der Waals surface area contributed by atoms with Gasteiger partial charge in [0, 0.05) is 43.1 Å². The number of ether oxygens (including phenoxy) is 5. The number of carbonyl (C=O) groups is 1. The number of hydrogen-bond acceptors (Lipinski definition) is 11. The van der Waals surface area contributed by atoms with Gasteiger partial charge in [-0.2, -0.15) is 9.97 Å². The third-order valence-electron chi connectivity index (χ3n) is 14.8. The summed E-state index contributed by atoms with van der Waals surface area (Å²) in [7, 11) is -0.624. The van der Waals surface area contributed by atoms with E-state index < -0.39 is 31.2 Å². The standard InChI is InChI=1S/C50H64F2N6O6Si/c1-29(2)65(30(3)4,31(5)6)20-17-32-13-11-14-33-21-36(63-28-60-10)22-37(40(32)33)43-42(52)44-41-45(55-47(54-44)62-27-50-18-12-19-56(50)24-34(51)23-50)57-25-35-15-16-38(39(57)26-61-46(41)53-43)58(35)48(59)64-49(7,8)9/h11,13-14,21-22,29-31,34-35,38-39H,12,15-16,18-19,23-28H2,1-10H3/t34-,35-,38+,39+,50+/m0/s1. The van der Waals surface area contributed by atoms with E-state index in [1.54, 1.807) is 13.2 Å². The first kappa shape index (κ1) is 45.4. The van der Waals surface area contributed by atoms with E-state index in [9.17, 15) is 9.18 Å². The van der Waals surface area contributed by atoms with Crippen LogP contribution in [0.4, 0.5) is 19.4 Å². The average Bonchev–Trinajstić information content (AvgIpc) is 3.85. The van der Waals surface area contributed by atoms with Crippen LogP contribution in [-0.4, -0.2) is 121 Å². The molecule has 0 unspecified atom stereocenters. The molecule has 1 amide bonds. The fourth-order valence-electron chi connectivity index (χ4n) is 12.1. The molecule has 7 heterocycles. The lowest BCUT2D eigenvalue weighted by atomic mass is 9.95. The van der Waals surface area contributed by atoms with E-state index in [4.69, 9.17) is 38.6 Å². The van der Waals surface area contributed by atoms with Gasteiger partial charge in [0.15, 0.2) is 12.6 Å². The predicted octanol–water partition coefficient (Wildman–Crippen LogP) is 9.84. The average molecular weight is 911 g/mol. The van der Waals surface area contributed by atoms with Crippen molar-refractivity contribution >= 4 is 41.7 Å². The number of piperazine rings is 1. The summed E-state index contributed by atoms with van der Waals surface area (Å²) in [4.78, 5) is 34.9. The Bertz CT molecular complexity index is 2540. The lowest BCUT2D eigenvalue weighted by Gasteiger charge is -2.46. The number of halogens is 2. The van der Waals surface area contributed by atoms with E-state index in [0.717, 1.165) is 48.6 Å². The first-order chi connectivity index (χ1) is 30.9. The van der Waals surface area contributed by atoms with E-state index >= 15 is 4.39 Å². The van der Waals surface area contributed by atoms with Crippen molar-refractivity contribution in [3.05, 3.63) is 41.7 Å². The van der Waals surface area contributed by atoms with Crippen molar-refractivity contribution in [2.75, 3.05) is 51.7 Å². The number of fused-ring (bicyclic) bond motifs is 7. The van der Waals surface area contributed by atoms with Crippen LogP contribution < -0.4 is 19.1 Å². The highest BCUT2D eigenvalue weighted by molar-refractivity contribution is 6.90. The van der Waals surface area contributed by atoms with Gasteiger partial charge in [0.2, 0.25) is 5.88 Å². The molecule has 4 saturated heterocycles. The van der Waals surface area contributed by atoms with Crippen LogP contribution in [0, 0.1) is 17.3 Å². The molecule has 5 aliphatic rings. The summed E-state index contributed by atoms with van der Waals surface area (Å²) < 4.78 is 63.6. The second kappa shape index (κ2) is 17.1. The zero-order chi connectivity index (χ0) is 46.2. The Hall–Kier alpha value is -4.78. The van der Waals surface area contributed by atoms with Gasteiger partial charge in [-0.25, -0.2) is 18.6 Å². The molecule has 0 radical (unpaired) electrons. The van der Waals surface area contributed by atoms with Crippen molar-refractivity contribution in [1.82, 2.24) is 24.8 Å². The van der Waals surface area contributed by atoms with Crippen molar-refractivity contribution in [2.24, 2.45) is 0 Å². The van der Waals surface area contributed by atoms with E-state index in [1.807, 2.05) is 49.9 Å². The van der Waals surface area contributed by atoms with E-state index in [2.05, 4.69) is 62.8 Å². The molecule has 4 aromatic rings. The fraction of sp³-hybridized carbons (Fsp3) is 0.600. The summed E-state index contributed by atoms with van der Waals surface area (Å²) in [6, 6.07) is 8.82. The lowest BCUT2D eigenvalue weighted by molar-refractivity contribution is 0.00537. The van der Waals surface area contributed by atoms with Gasteiger partial charge in [-0.1, -0.05) is 59.6 Å². The maximum atomic E-state index is 18.1. The molecule has 65 heavy (non-hydrogen) atoms. The van der Waals surface area contributed by atoms with Crippen LogP contribution in [0.25, 0.3) is 32.9 Å². The van der Waals surface area contributed by atoms with Crippen molar-refractivity contribution < 1.29 is 37.3 Å². The highest BCUT2D eigenvalue weighted by atomic mass is 28.3. The number of aromatic nitrogens is 3. The van der Waals surface area contributed by atoms with Crippen LogP contribution in [0.2, 0.25) is 16.6 Å². The molecule has 0 spiro atoms. The molecule has 12 nitrogen and oxygen atoms in total. The van der Waals surface area contributed by atoms with Gasteiger partial charge in [-0.3, -0.25) is 9.80 Å². The Kier molecular flexibility index (Phi) is 12.0. The second-order valence-electron chi connectivity index (χ2n) is 20.8. The number of nitrogens with zero attached hydrogens (tertiary/aromatic N) is 6. The SMILES string of the molecule is COCOc1cc(-c2nc3c4c(nc(OC[C@]56CCCN5C[C@@H](F)C6)nc4c2F)N2C[C@@H]4CC[C@H]([C@H]2CO3)N4C(=O)OC(C)(C)C)c2c(C#C[Si](C(C)C)(C(C)C)C(C)C)cccc2c1. The third kappa shape index (κ3) is 7.94. The molecule has 2 aromatic heterocycles. The minimum Gasteiger partial charge on any atom is -0.475 e. The van der Waals surface area contributed by atoms with E-state index in [1.165, 1.54) is 0 Å². The zero-order valence-corrected chi connectivity index (χ0v) is 40.6. The van der Waals surface area contributed by atoms with E-state index in [-0.39, 0.29) is 67.3 Å². The molecule has 15 heteroatoms. The van der Waals surface area contributed by atoms with Gasteiger partial charge in [-0.05, 0) is 93.2 Å². The Morgan fingerprint density at radius 2 is 1.77 bits per heavy atom. The normalized spacial score (nSPS) is 24.0. The molecule has 2 bridgehead atoms. The van der Waals surface area contributed by atoms with E-state index in [0.29, 0.717) is 58.7 Å². The molecule has 348 valence electrons. The molecule has 5 aliphatic heterocycles. The molecule has 2 aromatic carbocycles. The number of carbonyl (C=O) groups excluding carboxylic acids is 1. The maximum absolute atomic E-state index is 18.1. The number of rotatable bonds is 10. The summed E-state index contributed by atoms with van der Waals surface area (Å²) in [6.45, 7) is 21.2. The smallest absolute Gasteiger partial charge is 0.410 e. The number of benzene rings is 2. The molecule has 4 fully saturated rings. The number of methoxy groups -OCH3 is 1. The topological polar surface area (TPSA) is 112 Å². The molecule has 9 rings (SSSR count). The van der Waals surface area contributed by atoms with Crippen LogP contribution in [0.3, 0.4) is 0 Å². The minimum absolute atomic E-state index is 0.00564. The Labute approximate surface area is 382 Å². The molecule has 5 atom stereocenters. The summed E-state index contributed by atoms with van der Waals surface area (Å²) >= 11 is 0. The molecule has 0 saturated carbocycles. The molecular formula is C50H64F2N6O6Si. The van der Waals surface area contributed by atoms with Gasteiger partial charge in [0.05, 0.1) is 23.7 Å². The maximum Gasteiger partial charge on any atom is 0.410 e. The number of alkyl halides is 1. The van der Waals surface area contributed by atoms with Crippen molar-refractivity contribution in [3.8, 4) is 40.4 Å². The number of hydrogen-bond donors (Lipinski definition) is 0. The van der Waals surface area contributed by atoms with Gasteiger partial charge >= 0.3 is 12.1 Å². The summed E-state index contributed by atoms with van der Waals surface area (Å²) in [6.07, 6.45) is 2.29. The third-order valence-corrected chi connectivity index (χ3v) is 21.1. The van der Waals surface area contributed by atoms with Gasteiger partial charge in [0.25, 0.3) is 0 Å². The highest BCUT2D eigenvalue weighted by Crippen LogP contribution is 2.48. The van der Waals surface area contributed by atoms with Gasteiger partial charge < -0.3 is 28.6 Å². The van der Waals surface area contributed by atoms with Crippen molar-refractivity contribution in [3.63, 3.8) is 0 Å². The van der Waals surface area contributed by atoms with Gasteiger partial charge in [-0.15, -0.1) is 5.54 Å². The summed E-state index contributed by atoms with van der Waals surface area (Å²) in [5, 5.41) is 1.85. The summed E-state index contributed by atoms with van der Waals surface area (Å²) in [5.41, 5.74) is 5.18. The quantitative estimate of drug-likeness (QED) is 0.0862. The Morgan fingerprint density at radius 1 is 1.00 bits per heavy atom. The zero-order valence-electron chi connectivity index (χ0n) is 39.6. The van der Waals surface area contributed by atoms with Crippen molar-refractivity contribution in [2.45, 2.75) is 146 Å². The van der Waals surface area contributed by atoms with Crippen LogP contribution >= 0.6 is 0 Å². The van der Waals surface area contributed by atoms with Crippen LogP contribution in [0.15, 0.2) is 30.3 Å². The molecular weight excluding hydrogens is 847 g/mol. The van der Waals surface area contributed by atoms with Crippen LogP contribution in [0.5, 0.6) is 17.6 Å². The fourth-order valence-corrected chi connectivity index (χ4v) is 17.3. The lowest BCUT2D eigenvalue weighted by Crippen LogP contribution is -2.63. The highest BCUT2D eigenvalue weighted by Gasteiger charge is 2.53. The van der Waals surface area contributed by atoms with Crippen LogP contribution in [0.1, 0.15) is 100.0 Å². The first-order valence-corrected chi connectivity index (χ1v) is 25.7. The number of amides is 1. The number of pyridine rings is 1. The summed E-state index contributed by atoms with van der Waals surface area (Å²) in [5.74, 6) is 4.05. The largest absolute Gasteiger partial charge is 0.475 e. The molecule has 0 aliphatic carbocycles.